The molecule has 4 rings (SSSR count). The van der Waals surface area contributed by atoms with Crippen LogP contribution >= 0.6 is 11.3 Å². The van der Waals surface area contributed by atoms with Gasteiger partial charge in [-0.05, 0) is 35.7 Å². The monoisotopic (exact) mass is 426 g/mol. The number of sulfonamides is 1. The molecule has 1 aliphatic heterocycles. The van der Waals surface area contributed by atoms with E-state index < -0.39 is 27.9 Å². The Morgan fingerprint density at radius 3 is 2.21 bits per heavy atom. The van der Waals surface area contributed by atoms with Gasteiger partial charge in [0.2, 0.25) is 15.9 Å². The number of amides is 2. The molecule has 1 unspecified atom stereocenters. The topological polar surface area (TPSA) is 74.8 Å². The van der Waals surface area contributed by atoms with Crippen molar-refractivity contribution in [2.24, 2.45) is 0 Å². The lowest BCUT2D eigenvalue weighted by Gasteiger charge is -2.26. The van der Waals surface area contributed by atoms with Gasteiger partial charge in [-0.3, -0.25) is 9.59 Å². The lowest BCUT2D eigenvalue weighted by atomic mass is 10.2. The summed E-state index contributed by atoms with van der Waals surface area (Å²) in [5.74, 6) is -0.942. The number of hydrogen-bond donors (Lipinski definition) is 0. The minimum Gasteiger partial charge on any atom is -0.274 e. The Bertz CT molecular complexity index is 1110. The lowest BCUT2D eigenvalue weighted by Crippen LogP contribution is -2.44. The predicted molar refractivity (Wildman–Crippen MR) is 111 cm³/mol. The summed E-state index contributed by atoms with van der Waals surface area (Å²) >= 11 is 1.40. The second-order valence-corrected chi connectivity index (χ2v) is 9.49. The number of anilines is 1. The summed E-state index contributed by atoms with van der Waals surface area (Å²) in [7, 11) is -3.98. The molecule has 0 radical (unpaired) electrons. The summed E-state index contributed by atoms with van der Waals surface area (Å²) in [6.45, 7) is 0.0290. The van der Waals surface area contributed by atoms with Gasteiger partial charge < -0.3 is 0 Å². The molecule has 1 aromatic heterocycles. The first kappa shape index (κ1) is 19.5. The maximum absolute atomic E-state index is 13.4. The first-order chi connectivity index (χ1) is 14.0. The smallest absolute Gasteiger partial charge is 0.252 e. The third kappa shape index (κ3) is 3.74. The molecular weight excluding hydrogens is 408 g/mol. The Hall–Kier alpha value is -2.81. The van der Waals surface area contributed by atoms with E-state index in [9.17, 15) is 18.0 Å². The Labute approximate surface area is 173 Å². The second kappa shape index (κ2) is 7.90. The highest BCUT2D eigenvalue weighted by molar-refractivity contribution is 7.89. The molecule has 1 atom stereocenters. The fraction of sp³-hybridized carbons (Fsp3) is 0.143. The number of benzene rings is 2. The van der Waals surface area contributed by atoms with Crippen LogP contribution in [0, 0.1) is 0 Å². The van der Waals surface area contributed by atoms with Crippen LogP contribution in [0.5, 0.6) is 0 Å². The van der Waals surface area contributed by atoms with Crippen molar-refractivity contribution in [1.29, 1.82) is 0 Å². The van der Waals surface area contributed by atoms with Crippen LogP contribution in [0.1, 0.15) is 11.3 Å². The van der Waals surface area contributed by atoms with Crippen molar-refractivity contribution in [2.45, 2.75) is 23.9 Å². The molecule has 0 spiro atoms. The normalized spacial score (nSPS) is 17.3. The van der Waals surface area contributed by atoms with Crippen LogP contribution in [0.15, 0.2) is 83.1 Å². The molecule has 6 nitrogen and oxygen atoms in total. The van der Waals surface area contributed by atoms with E-state index in [0.29, 0.717) is 5.69 Å². The summed E-state index contributed by atoms with van der Waals surface area (Å²) in [4.78, 5) is 27.8. The number of nitrogens with zero attached hydrogens (tertiary/aromatic N) is 2. The molecule has 2 aromatic carbocycles. The largest absolute Gasteiger partial charge is 0.274 e. The summed E-state index contributed by atoms with van der Waals surface area (Å²) in [6.07, 6.45) is -0.189. The van der Waals surface area contributed by atoms with Crippen molar-refractivity contribution in [3.05, 3.63) is 83.1 Å². The van der Waals surface area contributed by atoms with Gasteiger partial charge in [-0.15, -0.1) is 11.3 Å². The van der Waals surface area contributed by atoms with Crippen LogP contribution in [0.4, 0.5) is 5.69 Å². The van der Waals surface area contributed by atoms with E-state index in [2.05, 4.69) is 0 Å². The van der Waals surface area contributed by atoms with Crippen molar-refractivity contribution >= 4 is 38.9 Å². The van der Waals surface area contributed by atoms with Crippen LogP contribution < -0.4 is 4.90 Å². The third-order valence-electron chi connectivity index (χ3n) is 4.73. The zero-order valence-corrected chi connectivity index (χ0v) is 17.0. The van der Waals surface area contributed by atoms with E-state index in [4.69, 9.17) is 0 Å². The van der Waals surface area contributed by atoms with Gasteiger partial charge in [0.15, 0.2) is 0 Å². The Balaban J connectivity index is 1.74. The molecule has 2 heterocycles. The summed E-state index contributed by atoms with van der Waals surface area (Å²) < 4.78 is 27.9. The van der Waals surface area contributed by atoms with Gasteiger partial charge >= 0.3 is 0 Å². The van der Waals surface area contributed by atoms with E-state index in [-0.39, 0.29) is 17.9 Å². The maximum Gasteiger partial charge on any atom is 0.252 e. The molecule has 0 N–H and O–H groups in total. The van der Waals surface area contributed by atoms with Gasteiger partial charge in [0.05, 0.1) is 17.0 Å². The van der Waals surface area contributed by atoms with Crippen molar-refractivity contribution < 1.29 is 18.0 Å². The fourth-order valence-electron chi connectivity index (χ4n) is 3.34. The number of rotatable bonds is 6. The number of thiophene rings is 1. The zero-order valence-electron chi connectivity index (χ0n) is 15.3. The minimum absolute atomic E-state index is 0.0290. The number of imide groups is 1. The molecule has 1 saturated heterocycles. The molecule has 3 aromatic rings. The number of carbonyl (C=O) groups excluding carboxylic acids is 2. The standard InChI is InChI=1S/C21H18N2O4S2/c24-20-14-19(21(25)23(20)16-8-3-1-4-9-16)22(15-17-10-7-13-28-17)29(26,27)18-11-5-2-6-12-18/h1-13,19H,14-15H2. The molecule has 29 heavy (non-hydrogen) atoms. The van der Waals surface area contributed by atoms with E-state index in [1.165, 1.54) is 23.5 Å². The van der Waals surface area contributed by atoms with Crippen molar-refractivity contribution in [1.82, 2.24) is 4.31 Å². The Morgan fingerprint density at radius 2 is 1.59 bits per heavy atom. The van der Waals surface area contributed by atoms with Crippen LogP contribution in [0.25, 0.3) is 0 Å². The highest BCUT2D eigenvalue weighted by Gasteiger charge is 2.47. The van der Waals surface area contributed by atoms with E-state index >= 15 is 0 Å². The molecule has 2 amide bonds. The van der Waals surface area contributed by atoms with Crippen molar-refractivity contribution in [2.75, 3.05) is 4.90 Å². The highest BCUT2D eigenvalue weighted by Crippen LogP contribution is 2.31. The van der Waals surface area contributed by atoms with E-state index in [0.717, 1.165) is 14.1 Å². The van der Waals surface area contributed by atoms with Crippen LogP contribution in [-0.2, 0) is 26.2 Å². The van der Waals surface area contributed by atoms with E-state index in [1.54, 1.807) is 48.5 Å². The lowest BCUT2D eigenvalue weighted by molar-refractivity contribution is -0.122. The Kier molecular flexibility index (Phi) is 5.31. The Morgan fingerprint density at radius 1 is 0.931 bits per heavy atom. The van der Waals surface area contributed by atoms with Gasteiger partial charge in [-0.2, -0.15) is 4.31 Å². The van der Waals surface area contributed by atoms with Crippen LogP contribution in [0.3, 0.4) is 0 Å². The van der Waals surface area contributed by atoms with Gasteiger partial charge in [0, 0.05) is 11.4 Å². The molecule has 1 aliphatic rings. The van der Waals surface area contributed by atoms with Gasteiger partial charge in [-0.25, -0.2) is 13.3 Å². The average Bonchev–Trinajstić information content (AvgIpc) is 3.35. The molecule has 0 bridgehead atoms. The average molecular weight is 427 g/mol. The quantitative estimate of drug-likeness (QED) is 0.567. The second-order valence-electron chi connectivity index (χ2n) is 6.57. The van der Waals surface area contributed by atoms with E-state index in [1.807, 2.05) is 17.5 Å². The maximum atomic E-state index is 13.4. The number of hydrogen-bond acceptors (Lipinski definition) is 5. The predicted octanol–water partition coefficient (Wildman–Crippen LogP) is 3.27. The summed E-state index contributed by atoms with van der Waals surface area (Å²) in [5, 5.41) is 1.85. The van der Waals surface area contributed by atoms with Gasteiger partial charge in [0.25, 0.3) is 5.91 Å². The first-order valence-corrected chi connectivity index (χ1v) is 11.3. The van der Waals surface area contributed by atoms with Crippen molar-refractivity contribution in [3.8, 4) is 0 Å². The van der Waals surface area contributed by atoms with Gasteiger partial charge in [0.1, 0.15) is 6.04 Å². The van der Waals surface area contributed by atoms with Crippen LogP contribution in [0.2, 0.25) is 0 Å². The first-order valence-electron chi connectivity index (χ1n) is 8.99. The van der Waals surface area contributed by atoms with Crippen LogP contribution in [-0.4, -0.2) is 30.6 Å². The number of para-hydroxylation sites is 1. The molecule has 148 valence electrons. The van der Waals surface area contributed by atoms with Gasteiger partial charge in [-0.1, -0.05) is 42.5 Å². The summed E-state index contributed by atoms with van der Waals surface area (Å²) in [6, 6.07) is 19.1. The highest BCUT2D eigenvalue weighted by atomic mass is 32.2. The molecule has 0 aliphatic carbocycles. The molecule has 8 heteroatoms. The molecule has 1 fully saturated rings. The zero-order chi connectivity index (χ0) is 20.4. The molecule has 0 saturated carbocycles. The summed E-state index contributed by atoms with van der Waals surface area (Å²) in [5.41, 5.74) is 0.443. The molecular formula is C21H18N2O4S2. The van der Waals surface area contributed by atoms with Crippen molar-refractivity contribution in [3.63, 3.8) is 0 Å². The number of carbonyl (C=O) groups is 2. The third-order valence-corrected chi connectivity index (χ3v) is 7.46. The minimum atomic E-state index is -3.98. The fourth-order valence-corrected chi connectivity index (χ4v) is 5.70. The SMILES string of the molecule is O=C1CC(N(Cc2cccs2)S(=O)(=O)c2ccccc2)C(=O)N1c1ccccc1.